The Labute approximate surface area is 372 Å². The van der Waals surface area contributed by atoms with Crippen LogP contribution in [0.5, 0.6) is 0 Å². The van der Waals surface area contributed by atoms with Gasteiger partial charge in [0.15, 0.2) is 17.5 Å². The molecule has 2 heterocycles. The average molecular weight is 820 g/mol. The zero-order chi connectivity index (χ0) is 42.8. The Morgan fingerprint density at radius 2 is 0.797 bits per heavy atom. The van der Waals surface area contributed by atoms with E-state index in [0.29, 0.717) is 17.5 Å². The van der Waals surface area contributed by atoms with E-state index >= 15 is 0 Å². The molecule has 11 aromatic rings. The maximum atomic E-state index is 6.60. The third-order valence-electron chi connectivity index (χ3n) is 13.0. The largest absolute Gasteiger partial charge is 0.456 e. The van der Waals surface area contributed by atoms with Gasteiger partial charge in [-0.05, 0) is 97.1 Å². The second-order valence-corrected chi connectivity index (χ2v) is 17.2. The third kappa shape index (κ3) is 6.34. The lowest BCUT2D eigenvalue weighted by Crippen LogP contribution is -2.14. The lowest BCUT2D eigenvalue weighted by atomic mass is 9.82. The van der Waals surface area contributed by atoms with Crippen LogP contribution >= 0.6 is 0 Å². The van der Waals surface area contributed by atoms with Gasteiger partial charge in [-0.2, -0.15) is 0 Å². The lowest BCUT2D eigenvalue weighted by molar-refractivity contribution is 0.660. The van der Waals surface area contributed by atoms with E-state index in [-0.39, 0.29) is 5.41 Å². The first-order chi connectivity index (χ1) is 31.5. The van der Waals surface area contributed by atoms with E-state index in [1.54, 1.807) is 0 Å². The molecule has 302 valence electrons. The Morgan fingerprint density at radius 3 is 1.52 bits per heavy atom. The first-order valence-corrected chi connectivity index (χ1v) is 21.8. The van der Waals surface area contributed by atoms with Gasteiger partial charge in [0.05, 0.1) is 0 Å². The zero-order valence-electron chi connectivity index (χ0n) is 35.5. The van der Waals surface area contributed by atoms with Gasteiger partial charge in [-0.25, -0.2) is 15.0 Å². The minimum absolute atomic E-state index is 0.157. The van der Waals surface area contributed by atoms with Gasteiger partial charge in [-0.3, -0.25) is 0 Å². The van der Waals surface area contributed by atoms with E-state index < -0.39 is 0 Å². The van der Waals surface area contributed by atoms with E-state index in [0.717, 1.165) is 72.0 Å². The van der Waals surface area contributed by atoms with E-state index in [1.165, 1.54) is 33.4 Å². The Balaban J connectivity index is 0.965. The minimum Gasteiger partial charge on any atom is -0.456 e. The van der Waals surface area contributed by atoms with Gasteiger partial charge in [0.25, 0.3) is 0 Å². The summed E-state index contributed by atoms with van der Waals surface area (Å²) in [5.74, 6) is 1.89. The summed E-state index contributed by atoms with van der Waals surface area (Å²) in [5.41, 5.74) is 18.4. The van der Waals surface area contributed by atoms with Crippen molar-refractivity contribution in [3.05, 3.63) is 223 Å². The van der Waals surface area contributed by atoms with Crippen molar-refractivity contribution >= 4 is 21.9 Å². The van der Waals surface area contributed by atoms with Gasteiger partial charge in [0, 0.05) is 32.9 Å². The molecule has 0 atom stereocenters. The van der Waals surface area contributed by atoms with Crippen molar-refractivity contribution in [2.24, 2.45) is 0 Å². The Bertz CT molecular complexity index is 3570. The van der Waals surface area contributed by atoms with Gasteiger partial charge < -0.3 is 4.42 Å². The number of fused-ring (bicyclic) bond motifs is 6. The average Bonchev–Trinajstić information content (AvgIpc) is 3.86. The first kappa shape index (κ1) is 37.5. The number of hydrogen-bond acceptors (Lipinski definition) is 4. The molecule has 0 aliphatic heterocycles. The molecule has 4 nitrogen and oxygen atoms in total. The summed E-state index contributed by atoms with van der Waals surface area (Å²) in [6.07, 6.45) is 0. The fourth-order valence-electron chi connectivity index (χ4n) is 9.72. The molecule has 0 saturated heterocycles. The maximum absolute atomic E-state index is 6.60. The number of benzene rings is 9. The topological polar surface area (TPSA) is 51.8 Å². The fraction of sp³-hybridized carbons (Fsp3) is 0.0500. The molecule has 0 saturated carbocycles. The second-order valence-electron chi connectivity index (χ2n) is 17.2. The van der Waals surface area contributed by atoms with Crippen LogP contribution in [0.3, 0.4) is 0 Å². The molecule has 12 rings (SSSR count). The molecule has 0 fully saturated rings. The molecule has 0 bridgehead atoms. The van der Waals surface area contributed by atoms with Crippen molar-refractivity contribution in [3.63, 3.8) is 0 Å². The highest BCUT2D eigenvalue weighted by Gasteiger charge is 2.37. The number of aromatic nitrogens is 3. The first-order valence-electron chi connectivity index (χ1n) is 21.8. The Hall–Kier alpha value is -8.21. The molecule has 0 amide bonds. The quantitative estimate of drug-likeness (QED) is 0.161. The summed E-state index contributed by atoms with van der Waals surface area (Å²) in [7, 11) is 0. The van der Waals surface area contributed by atoms with E-state index in [2.05, 4.69) is 220 Å². The van der Waals surface area contributed by atoms with E-state index in [1.807, 2.05) is 6.07 Å². The fourth-order valence-corrected chi connectivity index (χ4v) is 9.72. The van der Waals surface area contributed by atoms with Crippen LogP contribution in [0.15, 0.2) is 217 Å². The smallest absolute Gasteiger partial charge is 0.164 e. The molecule has 2 aromatic heterocycles. The number of rotatable bonds is 7. The maximum Gasteiger partial charge on any atom is 0.164 e. The molecule has 0 unspecified atom stereocenters. The third-order valence-corrected chi connectivity index (χ3v) is 13.0. The summed E-state index contributed by atoms with van der Waals surface area (Å²) in [6, 6.07) is 74.9. The predicted molar refractivity (Wildman–Crippen MR) is 263 cm³/mol. The minimum atomic E-state index is -0.157. The van der Waals surface area contributed by atoms with Crippen molar-refractivity contribution in [1.82, 2.24) is 15.0 Å². The van der Waals surface area contributed by atoms with Crippen LogP contribution < -0.4 is 0 Å². The highest BCUT2D eigenvalue weighted by atomic mass is 16.3. The van der Waals surface area contributed by atoms with E-state index in [9.17, 15) is 0 Å². The normalized spacial score (nSPS) is 12.7. The number of furan rings is 1. The molecule has 64 heavy (non-hydrogen) atoms. The molecule has 0 spiro atoms. The highest BCUT2D eigenvalue weighted by Crippen LogP contribution is 2.52. The van der Waals surface area contributed by atoms with Gasteiger partial charge in [0.2, 0.25) is 0 Å². The van der Waals surface area contributed by atoms with Crippen LogP contribution in [0.2, 0.25) is 0 Å². The molecular weight excluding hydrogens is 779 g/mol. The Morgan fingerprint density at radius 1 is 0.328 bits per heavy atom. The number of nitrogens with zero attached hydrogens (tertiary/aromatic N) is 3. The van der Waals surface area contributed by atoms with Crippen LogP contribution in [-0.4, -0.2) is 15.0 Å². The molecular formula is C60H41N3O. The van der Waals surface area contributed by atoms with E-state index in [4.69, 9.17) is 19.4 Å². The molecule has 4 heteroatoms. The molecule has 1 aliphatic carbocycles. The SMILES string of the molecule is CC1(C)c2ccccc2-c2c(-c3nc(-c4cccc(-c5ccccc5)c4)nc(-c4cccc(-c5ccc6c(c5)oc5cccc(-c7ccc(-c8ccccc8)cc7)c56)c4)n3)cccc21. The van der Waals surface area contributed by atoms with Crippen LogP contribution in [0.1, 0.15) is 25.0 Å². The summed E-state index contributed by atoms with van der Waals surface area (Å²) in [6.45, 7) is 4.61. The monoisotopic (exact) mass is 819 g/mol. The standard InChI is InChI=1S/C60H41N3O/c1-60(2)51-26-10-9-23-48(51)55-50(25-13-27-52(55)60)59-62-57(45-21-11-19-42(35-45)39-17-7-4-8-18-39)61-58(63-59)46-22-12-20-43(36-46)44-33-34-49-54(37-44)64-53-28-14-24-47(56(49)53)41-31-29-40(30-32-41)38-15-5-3-6-16-38/h3-37H,1-2H3. The van der Waals surface area contributed by atoms with Gasteiger partial charge in [-0.1, -0.05) is 196 Å². The van der Waals surface area contributed by atoms with Crippen molar-refractivity contribution in [2.45, 2.75) is 19.3 Å². The predicted octanol–water partition coefficient (Wildman–Crippen LogP) is 15.7. The van der Waals surface area contributed by atoms with Crippen LogP contribution in [0.4, 0.5) is 0 Å². The summed E-state index contributed by atoms with van der Waals surface area (Å²) >= 11 is 0. The van der Waals surface area contributed by atoms with Crippen molar-refractivity contribution in [3.8, 4) is 89.8 Å². The van der Waals surface area contributed by atoms with Gasteiger partial charge in [0.1, 0.15) is 11.2 Å². The van der Waals surface area contributed by atoms with Gasteiger partial charge in [-0.15, -0.1) is 0 Å². The Kier molecular flexibility index (Phi) is 8.80. The zero-order valence-corrected chi connectivity index (χ0v) is 35.5. The summed E-state index contributed by atoms with van der Waals surface area (Å²) in [5, 5.41) is 2.20. The molecule has 0 N–H and O–H groups in total. The number of hydrogen-bond donors (Lipinski definition) is 0. The van der Waals surface area contributed by atoms with Crippen molar-refractivity contribution in [1.29, 1.82) is 0 Å². The van der Waals surface area contributed by atoms with Gasteiger partial charge >= 0.3 is 0 Å². The van der Waals surface area contributed by atoms with Crippen LogP contribution in [0.25, 0.3) is 112 Å². The highest BCUT2D eigenvalue weighted by molar-refractivity contribution is 6.13. The summed E-state index contributed by atoms with van der Waals surface area (Å²) in [4.78, 5) is 15.8. The summed E-state index contributed by atoms with van der Waals surface area (Å²) < 4.78 is 6.60. The second kappa shape index (κ2) is 15.0. The lowest BCUT2D eigenvalue weighted by Gasteiger charge is -2.21. The molecule has 0 radical (unpaired) electrons. The van der Waals surface area contributed by atoms with Crippen molar-refractivity contribution in [2.75, 3.05) is 0 Å². The van der Waals surface area contributed by atoms with Crippen LogP contribution in [0, 0.1) is 0 Å². The van der Waals surface area contributed by atoms with Crippen molar-refractivity contribution < 1.29 is 4.42 Å². The molecule has 9 aromatic carbocycles. The molecule has 1 aliphatic rings. The van der Waals surface area contributed by atoms with Crippen LogP contribution in [-0.2, 0) is 5.41 Å².